The molecule has 1 heterocycles. The van der Waals surface area contributed by atoms with Crippen molar-refractivity contribution in [1.82, 2.24) is 15.3 Å². The van der Waals surface area contributed by atoms with Crippen LogP contribution in [0.1, 0.15) is 19.4 Å². The Hall–Kier alpha value is -4.57. The van der Waals surface area contributed by atoms with Gasteiger partial charge >= 0.3 is 0 Å². The van der Waals surface area contributed by atoms with Gasteiger partial charge in [0.05, 0.1) is 24.4 Å². The number of para-hydroxylation sites is 1. The van der Waals surface area contributed by atoms with Gasteiger partial charge in [0.1, 0.15) is 23.6 Å². The van der Waals surface area contributed by atoms with Crippen molar-refractivity contribution in [3.05, 3.63) is 78.6 Å². The van der Waals surface area contributed by atoms with Gasteiger partial charge in [0.25, 0.3) is 0 Å². The van der Waals surface area contributed by atoms with Gasteiger partial charge in [-0.1, -0.05) is 30.0 Å². The zero-order valence-corrected chi connectivity index (χ0v) is 19.1. The fourth-order valence-electron chi connectivity index (χ4n) is 3.64. The number of phenols is 1. The van der Waals surface area contributed by atoms with Crippen LogP contribution in [-0.4, -0.2) is 34.1 Å². The fourth-order valence-corrected chi connectivity index (χ4v) is 3.64. The topological polar surface area (TPSA) is 87.6 Å². The lowest BCUT2D eigenvalue weighted by atomic mass is 10.1. The molecule has 0 saturated heterocycles. The predicted octanol–water partition coefficient (Wildman–Crippen LogP) is 4.69. The van der Waals surface area contributed by atoms with Gasteiger partial charge in [0.15, 0.2) is 0 Å². The summed E-state index contributed by atoms with van der Waals surface area (Å²) in [6.07, 6.45) is 1.52. The second-order valence-corrected chi connectivity index (χ2v) is 7.65. The summed E-state index contributed by atoms with van der Waals surface area (Å²) in [6, 6.07) is 20.2. The lowest BCUT2D eigenvalue weighted by Gasteiger charge is -2.26. The third-order valence-corrected chi connectivity index (χ3v) is 5.10. The number of aromatic hydroxyl groups is 1. The van der Waals surface area contributed by atoms with Gasteiger partial charge in [-0.05, 0) is 49.4 Å². The number of nitrogens with one attached hydrogen (secondary N) is 1. The molecule has 0 radical (unpaired) electrons. The maximum absolute atomic E-state index is 11.3. The smallest absolute Gasteiger partial charge is 0.217 e. The van der Waals surface area contributed by atoms with Gasteiger partial charge in [-0.25, -0.2) is 9.97 Å². The number of ether oxygens (including phenoxy) is 1. The Labute approximate surface area is 198 Å². The van der Waals surface area contributed by atoms with Gasteiger partial charge in [0, 0.05) is 29.6 Å². The molecule has 7 heteroatoms. The highest BCUT2D eigenvalue weighted by Crippen LogP contribution is 2.42. The number of anilines is 3. The van der Waals surface area contributed by atoms with E-state index < -0.39 is 0 Å². The van der Waals surface area contributed by atoms with E-state index in [1.807, 2.05) is 60.4 Å². The minimum absolute atomic E-state index is 0.104. The van der Waals surface area contributed by atoms with Gasteiger partial charge in [0.2, 0.25) is 5.91 Å². The van der Waals surface area contributed by atoms with E-state index in [1.54, 1.807) is 25.3 Å². The first-order chi connectivity index (χ1) is 16.5. The summed E-state index contributed by atoms with van der Waals surface area (Å²) in [7, 11) is 1.56. The molecule has 34 heavy (non-hydrogen) atoms. The SMILES string of the molecule is COc1cc(O)ccc1N(c1ccccc1)c1ncnc2ccc(C#CC(C)NC(C)=O)cc12. The number of hydrogen-bond acceptors (Lipinski definition) is 6. The minimum Gasteiger partial charge on any atom is -0.508 e. The molecule has 1 unspecified atom stereocenters. The van der Waals surface area contributed by atoms with Gasteiger partial charge in [-0.2, -0.15) is 0 Å². The number of aromatic nitrogens is 2. The number of hydrogen-bond donors (Lipinski definition) is 2. The zero-order valence-electron chi connectivity index (χ0n) is 19.1. The average molecular weight is 453 g/mol. The minimum atomic E-state index is -0.276. The van der Waals surface area contributed by atoms with Crippen molar-refractivity contribution >= 4 is 34.0 Å². The maximum Gasteiger partial charge on any atom is 0.217 e. The van der Waals surface area contributed by atoms with Crippen molar-refractivity contribution in [3.63, 3.8) is 0 Å². The highest BCUT2D eigenvalue weighted by atomic mass is 16.5. The second-order valence-electron chi connectivity index (χ2n) is 7.65. The molecule has 0 fully saturated rings. The van der Waals surface area contributed by atoms with E-state index in [0.717, 1.165) is 22.2 Å². The molecular weight excluding hydrogens is 428 g/mol. The number of phenolic OH excluding ortho intramolecular Hbond substituents is 1. The molecule has 0 bridgehead atoms. The molecule has 4 rings (SSSR count). The second kappa shape index (κ2) is 9.92. The molecule has 1 amide bonds. The van der Waals surface area contributed by atoms with Crippen LogP contribution in [0.4, 0.5) is 17.2 Å². The van der Waals surface area contributed by atoms with E-state index in [4.69, 9.17) is 4.74 Å². The van der Waals surface area contributed by atoms with Crippen molar-refractivity contribution < 1.29 is 14.6 Å². The first-order valence-corrected chi connectivity index (χ1v) is 10.7. The van der Waals surface area contributed by atoms with Crippen LogP contribution in [-0.2, 0) is 4.79 Å². The van der Waals surface area contributed by atoms with Crippen LogP contribution >= 0.6 is 0 Å². The van der Waals surface area contributed by atoms with Gasteiger partial charge in [-0.15, -0.1) is 0 Å². The molecule has 0 aliphatic rings. The number of fused-ring (bicyclic) bond motifs is 1. The molecule has 3 aromatic carbocycles. The van der Waals surface area contributed by atoms with Crippen LogP contribution < -0.4 is 15.0 Å². The third kappa shape index (κ3) is 4.92. The molecule has 7 nitrogen and oxygen atoms in total. The average Bonchev–Trinajstić information content (AvgIpc) is 2.84. The predicted molar refractivity (Wildman–Crippen MR) is 133 cm³/mol. The Morgan fingerprint density at radius 3 is 2.62 bits per heavy atom. The molecule has 2 N–H and O–H groups in total. The Bertz CT molecular complexity index is 1390. The Morgan fingerprint density at radius 1 is 1.09 bits per heavy atom. The summed E-state index contributed by atoms with van der Waals surface area (Å²) >= 11 is 0. The van der Waals surface area contributed by atoms with Crippen molar-refractivity contribution in [3.8, 4) is 23.3 Å². The monoisotopic (exact) mass is 452 g/mol. The van der Waals surface area contributed by atoms with Crippen LogP contribution in [0, 0.1) is 11.8 Å². The van der Waals surface area contributed by atoms with E-state index in [-0.39, 0.29) is 17.7 Å². The number of methoxy groups -OCH3 is 1. The van der Waals surface area contributed by atoms with Crippen molar-refractivity contribution in [1.29, 1.82) is 0 Å². The Morgan fingerprint density at radius 2 is 1.88 bits per heavy atom. The molecule has 0 aliphatic heterocycles. The summed E-state index contributed by atoms with van der Waals surface area (Å²) in [5.41, 5.74) is 3.10. The van der Waals surface area contributed by atoms with Crippen molar-refractivity contribution in [2.45, 2.75) is 19.9 Å². The molecule has 0 spiro atoms. The number of benzene rings is 3. The van der Waals surface area contributed by atoms with Gasteiger partial charge < -0.3 is 15.2 Å². The third-order valence-electron chi connectivity index (χ3n) is 5.10. The summed E-state index contributed by atoms with van der Waals surface area (Å²) in [5.74, 6) is 7.28. The number of carbonyl (C=O) groups excluding carboxylic acids is 1. The number of carbonyl (C=O) groups is 1. The van der Waals surface area contributed by atoms with Crippen molar-refractivity contribution in [2.24, 2.45) is 0 Å². The van der Waals surface area contributed by atoms with Gasteiger partial charge in [-0.3, -0.25) is 9.69 Å². The molecule has 1 aromatic heterocycles. The van der Waals surface area contributed by atoms with E-state index in [9.17, 15) is 9.90 Å². The molecule has 4 aromatic rings. The van der Waals surface area contributed by atoms with E-state index in [1.165, 1.54) is 13.3 Å². The highest BCUT2D eigenvalue weighted by Gasteiger charge is 2.21. The molecule has 0 aliphatic carbocycles. The van der Waals surface area contributed by atoms with Crippen LogP contribution in [0.5, 0.6) is 11.5 Å². The normalized spacial score (nSPS) is 11.3. The van der Waals surface area contributed by atoms with E-state index >= 15 is 0 Å². The summed E-state index contributed by atoms with van der Waals surface area (Å²) < 4.78 is 5.58. The number of amides is 1. The largest absolute Gasteiger partial charge is 0.508 e. The summed E-state index contributed by atoms with van der Waals surface area (Å²) in [6.45, 7) is 3.30. The van der Waals surface area contributed by atoms with Crippen LogP contribution in [0.25, 0.3) is 10.9 Å². The maximum atomic E-state index is 11.3. The van der Waals surface area contributed by atoms with Crippen LogP contribution in [0.3, 0.4) is 0 Å². The van der Waals surface area contributed by atoms with Crippen molar-refractivity contribution in [2.75, 3.05) is 12.0 Å². The highest BCUT2D eigenvalue weighted by molar-refractivity contribution is 5.96. The fraction of sp³-hybridized carbons (Fsp3) is 0.148. The van der Waals surface area contributed by atoms with Crippen LogP contribution in [0.2, 0.25) is 0 Å². The quantitative estimate of drug-likeness (QED) is 0.427. The molecule has 170 valence electrons. The standard InChI is InChI=1S/C27H24N4O3/c1-18(30-19(2)32)9-10-20-11-13-24-23(15-20)27(29-17-28-24)31(21-7-5-4-6-8-21)25-14-12-22(33)16-26(25)34-3/h4-8,11-18,33H,1-3H3,(H,30,32). The first kappa shape index (κ1) is 22.6. The van der Waals surface area contributed by atoms with Crippen LogP contribution in [0.15, 0.2) is 73.1 Å². The molecule has 0 saturated carbocycles. The number of nitrogens with zero attached hydrogens (tertiary/aromatic N) is 3. The summed E-state index contributed by atoms with van der Waals surface area (Å²) in [4.78, 5) is 22.3. The first-order valence-electron chi connectivity index (χ1n) is 10.7. The van der Waals surface area contributed by atoms with E-state index in [2.05, 4.69) is 27.1 Å². The Balaban J connectivity index is 1.89. The lowest BCUT2D eigenvalue weighted by Crippen LogP contribution is -2.28. The molecule has 1 atom stereocenters. The number of rotatable bonds is 5. The van der Waals surface area contributed by atoms with E-state index in [0.29, 0.717) is 17.3 Å². The lowest BCUT2D eigenvalue weighted by molar-refractivity contribution is -0.119. The summed E-state index contributed by atoms with van der Waals surface area (Å²) in [5, 5.41) is 13.5. The molecular formula is C27H24N4O3. The Kier molecular flexibility index (Phi) is 6.60. The zero-order chi connectivity index (χ0) is 24.1.